The fourth-order valence-corrected chi connectivity index (χ4v) is 1.72. The van der Waals surface area contributed by atoms with E-state index in [0.717, 1.165) is 0 Å². The highest BCUT2D eigenvalue weighted by Crippen LogP contribution is 2.19. The molecule has 3 N–H and O–H groups in total. The Bertz CT molecular complexity index is 577. The van der Waals surface area contributed by atoms with Crippen LogP contribution in [0.5, 0.6) is 5.75 Å². The van der Waals surface area contributed by atoms with E-state index in [2.05, 4.69) is 15.3 Å². The van der Waals surface area contributed by atoms with E-state index in [1.165, 1.54) is 6.33 Å². The second kappa shape index (κ2) is 6.70. The summed E-state index contributed by atoms with van der Waals surface area (Å²) in [5, 5.41) is 2.89. The van der Waals surface area contributed by atoms with Crippen LogP contribution in [0.25, 0.3) is 0 Å². The van der Waals surface area contributed by atoms with Gasteiger partial charge in [-0.1, -0.05) is 19.1 Å². The van der Waals surface area contributed by atoms with Crippen molar-refractivity contribution < 1.29 is 9.13 Å². The second-order valence-electron chi connectivity index (χ2n) is 4.15. The minimum absolute atomic E-state index is 0.196. The number of benzene rings is 1. The number of para-hydroxylation sites is 2. The molecule has 0 unspecified atom stereocenters. The van der Waals surface area contributed by atoms with Gasteiger partial charge in [-0.2, -0.15) is 0 Å². The average Bonchev–Trinajstić information content (AvgIpc) is 2.47. The Balaban J connectivity index is 1.86. The van der Waals surface area contributed by atoms with Gasteiger partial charge in [-0.3, -0.25) is 0 Å². The zero-order valence-corrected chi connectivity index (χ0v) is 11.3. The van der Waals surface area contributed by atoms with Gasteiger partial charge in [0.1, 0.15) is 18.7 Å². The molecule has 2 aromatic rings. The van der Waals surface area contributed by atoms with Gasteiger partial charge in [0.15, 0.2) is 11.6 Å². The summed E-state index contributed by atoms with van der Waals surface area (Å²) < 4.78 is 19.3. The van der Waals surface area contributed by atoms with Crippen molar-refractivity contribution in [2.75, 3.05) is 24.2 Å². The van der Waals surface area contributed by atoms with E-state index < -0.39 is 5.82 Å². The molecule has 0 radical (unpaired) electrons. The van der Waals surface area contributed by atoms with E-state index in [9.17, 15) is 4.39 Å². The van der Waals surface area contributed by atoms with E-state index in [0.29, 0.717) is 36.7 Å². The van der Waals surface area contributed by atoms with Crippen molar-refractivity contribution in [3.63, 3.8) is 0 Å². The Morgan fingerprint density at radius 1 is 1.30 bits per heavy atom. The third-order valence-electron chi connectivity index (χ3n) is 2.77. The molecule has 0 amide bonds. The summed E-state index contributed by atoms with van der Waals surface area (Å²) in [4.78, 5) is 7.74. The lowest BCUT2D eigenvalue weighted by atomic mass is 10.3. The normalized spacial score (nSPS) is 10.3. The highest BCUT2D eigenvalue weighted by atomic mass is 19.1. The Morgan fingerprint density at radius 2 is 2.10 bits per heavy atom. The maximum absolute atomic E-state index is 13.8. The number of rotatable bonds is 6. The van der Waals surface area contributed by atoms with Crippen LogP contribution in [0.1, 0.15) is 12.6 Å². The zero-order chi connectivity index (χ0) is 14.4. The predicted octanol–water partition coefficient (Wildman–Crippen LogP) is 2.25. The first-order chi connectivity index (χ1) is 9.72. The van der Waals surface area contributed by atoms with E-state index >= 15 is 0 Å². The largest absolute Gasteiger partial charge is 0.490 e. The van der Waals surface area contributed by atoms with E-state index in [-0.39, 0.29) is 5.82 Å². The number of ether oxygens (including phenoxy) is 1. The third-order valence-corrected chi connectivity index (χ3v) is 2.77. The van der Waals surface area contributed by atoms with Crippen molar-refractivity contribution in [1.82, 2.24) is 9.97 Å². The van der Waals surface area contributed by atoms with Crippen LogP contribution in [0.15, 0.2) is 30.6 Å². The molecule has 0 atom stereocenters. The highest BCUT2D eigenvalue weighted by Gasteiger charge is 2.08. The van der Waals surface area contributed by atoms with E-state index in [4.69, 9.17) is 10.5 Å². The SMILES string of the molecule is CCc1ncnc(NCCOc2ccccc2N)c1F. The molecule has 0 bridgehead atoms. The number of nitrogens with one attached hydrogen (secondary N) is 1. The second-order valence-corrected chi connectivity index (χ2v) is 4.15. The van der Waals surface area contributed by atoms with Crippen molar-refractivity contribution in [2.45, 2.75) is 13.3 Å². The Labute approximate surface area is 117 Å². The molecule has 0 fully saturated rings. The minimum Gasteiger partial charge on any atom is -0.490 e. The van der Waals surface area contributed by atoms with Crippen LogP contribution < -0.4 is 15.8 Å². The molecular weight excluding hydrogens is 259 g/mol. The standard InChI is InChI=1S/C14H17FN4O/c1-2-11-13(15)14(19-9-18-11)17-7-8-20-12-6-4-3-5-10(12)16/h3-6,9H,2,7-8,16H2,1H3,(H,17,18,19). The first kappa shape index (κ1) is 14.0. The maximum atomic E-state index is 13.8. The molecule has 5 nitrogen and oxygen atoms in total. The molecule has 2 rings (SSSR count). The molecule has 0 spiro atoms. The Morgan fingerprint density at radius 3 is 2.85 bits per heavy atom. The smallest absolute Gasteiger partial charge is 0.186 e. The summed E-state index contributed by atoms with van der Waals surface area (Å²) >= 11 is 0. The molecule has 1 heterocycles. The summed E-state index contributed by atoms with van der Waals surface area (Å²) in [6.07, 6.45) is 1.88. The van der Waals surface area contributed by atoms with Crippen molar-refractivity contribution in [1.29, 1.82) is 0 Å². The van der Waals surface area contributed by atoms with Crippen LogP contribution in [0, 0.1) is 5.82 Å². The van der Waals surface area contributed by atoms with Gasteiger partial charge in [-0.15, -0.1) is 0 Å². The van der Waals surface area contributed by atoms with Crippen molar-refractivity contribution in [3.05, 3.63) is 42.1 Å². The van der Waals surface area contributed by atoms with Crippen molar-refractivity contribution >= 4 is 11.5 Å². The van der Waals surface area contributed by atoms with Crippen molar-refractivity contribution in [3.8, 4) is 5.75 Å². The number of hydrogen-bond donors (Lipinski definition) is 2. The van der Waals surface area contributed by atoms with Crippen LogP contribution in [-0.4, -0.2) is 23.1 Å². The Kier molecular flexibility index (Phi) is 4.70. The van der Waals surface area contributed by atoms with Crippen LogP contribution in [0.4, 0.5) is 15.9 Å². The number of hydrogen-bond acceptors (Lipinski definition) is 5. The molecule has 106 valence electrons. The number of nitrogens with two attached hydrogens (primary N) is 1. The number of aromatic nitrogens is 2. The van der Waals surface area contributed by atoms with E-state index in [1.807, 2.05) is 19.1 Å². The number of aryl methyl sites for hydroxylation is 1. The van der Waals surface area contributed by atoms with Gasteiger partial charge in [0.25, 0.3) is 0 Å². The van der Waals surface area contributed by atoms with Gasteiger partial charge in [0, 0.05) is 0 Å². The van der Waals surface area contributed by atoms with Crippen LogP contribution >= 0.6 is 0 Å². The molecule has 1 aromatic heterocycles. The first-order valence-electron chi connectivity index (χ1n) is 6.43. The predicted molar refractivity (Wildman–Crippen MR) is 76.2 cm³/mol. The van der Waals surface area contributed by atoms with E-state index in [1.54, 1.807) is 12.1 Å². The fourth-order valence-electron chi connectivity index (χ4n) is 1.72. The van der Waals surface area contributed by atoms with Gasteiger partial charge in [-0.05, 0) is 18.6 Å². The monoisotopic (exact) mass is 276 g/mol. The Hall–Kier alpha value is -2.37. The van der Waals surface area contributed by atoms with Crippen LogP contribution in [-0.2, 0) is 6.42 Å². The lowest BCUT2D eigenvalue weighted by molar-refractivity contribution is 0.334. The summed E-state index contributed by atoms with van der Waals surface area (Å²) in [5.74, 6) is 0.405. The molecule has 20 heavy (non-hydrogen) atoms. The zero-order valence-electron chi connectivity index (χ0n) is 11.3. The molecule has 0 aliphatic carbocycles. The molecule has 1 aromatic carbocycles. The topological polar surface area (TPSA) is 73.1 Å². The lowest BCUT2D eigenvalue weighted by Gasteiger charge is -2.10. The highest BCUT2D eigenvalue weighted by molar-refractivity contribution is 5.51. The number of anilines is 2. The van der Waals surface area contributed by atoms with Gasteiger partial charge in [0.2, 0.25) is 0 Å². The van der Waals surface area contributed by atoms with Crippen LogP contribution in [0.3, 0.4) is 0 Å². The lowest BCUT2D eigenvalue weighted by Crippen LogP contribution is -2.14. The summed E-state index contributed by atoms with van der Waals surface area (Å²) in [6, 6.07) is 7.23. The molecule has 0 saturated heterocycles. The molecule has 0 aliphatic rings. The van der Waals surface area contributed by atoms with Crippen LogP contribution in [0.2, 0.25) is 0 Å². The van der Waals surface area contributed by atoms with Gasteiger partial charge in [0.05, 0.1) is 17.9 Å². The van der Waals surface area contributed by atoms with Gasteiger partial charge >= 0.3 is 0 Å². The third kappa shape index (κ3) is 3.34. The molecule has 6 heteroatoms. The average molecular weight is 276 g/mol. The summed E-state index contributed by atoms with van der Waals surface area (Å²) in [5.41, 5.74) is 6.73. The summed E-state index contributed by atoms with van der Waals surface area (Å²) in [6.45, 7) is 2.63. The fraction of sp³-hybridized carbons (Fsp3) is 0.286. The number of halogens is 1. The molecule has 0 aliphatic heterocycles. The minimum atomic E-state index is -0.408. The quantitative estimate of drug-likeness (QED) is 0.625. The number of nitrogen functional groups attached to an aromatic ring is 1. The maximum Gasteiger partial charge on any atom is 0.186 e. The number of nitrogens with zero attached hydrogens (tertiary/aromatic N) is 2. The van der Waals surface area contributed by atoms with Gasteiger partial charge in [-0.25, -0.2) is 14.4 Å². The molecular formula is C14H17FN4O. The summed E-state index contributed by atoms with van der Waals surface area (Å²) in [7, 11) is 0. The van der Waals surface area contributed by atoms with Gasteiger partial charge < -0.3 is 15.8 Å². The first-order valence-corrected chi connectivity index (χ1v) is 6.43. The van der Waals surface area contributed by atoms with Crippen molar-refractivity contribution in [2.24, 2.45) is 0 Å². The molecule has 0 saturated carbocycles.